The average Bonchev–Trinajstić information content (AvgIpc) is 2.75. The van der Waals surface area contributed by atoms with Gasteiger partial charge in [0.05, 0.1) is 6.54 Å². The van der Waals surface area contributed by atoms with Crippen molar-refractivity contribution in [3.8, 4) is 0 Å². The zero-order chi connectivity index (χ0) is 16.5. The molecule has 0 spiro atoms. The number of benzene rings is 1. The monoisotopic (exact) mass is 309 g/mol. The third-order valence-corrected chi connectivity index (χ3v) is 3.34. The molecule has 118 valence electrons. The van der Waals surface area contributed by atoms with E-state index in [0.29, 0.717) is 23.2 Å². The molecule has 0 saturated heterocycles. The maximum atomic E-state index is 13.1. The molecule has 0 fully saturated rings. The molecule has 1 unspecified atom stereocenters. The van der Waals surface area contributed by atoms with Crippen molar-refractivity contribution in [2.45, 2.75) is 26.4 Å². The lowest BCUT2D eigenvalue weighted by molar-refractivity contribution is 0.0514. The van der Waals surface area contributed by atoms with E-state index in [1.807, 2.05) is 0 Å². The van der Waals surface area contributed by atoms with Crippen molar-refractivity contribution in [1.29, 1.82) is 0 Å². The highest BCUT2D eigenvalue weighted by Crippen LogP contribution is 2.26. The lowest BCUT2D eigenvalue weighted by Crippen LogP contribution is -2.38. The molecule has 0 aliphatic rings. The second-order valence-electron chi connectivity index (χ2n) is 5.44. The van der Waals surface area contributed by atoms with Gasteiger partial charge in [-0.25, -0.2) is 8.78 Å². The second kappa shape index (κ2) is 5.88. The van der Waals surface area contributed by atoms with Gasteiger partial charge in [-0.2, -0.15) is 0 Å². The zero-order valence-electron chi connectivity index (χ0n) is 12.5. The van der Waals surface area contributed by atoms with Crippen molar-refractivity contribution < 1.29 is 23.1 Å². The number of halogens is 2. The van der Waals surface area contributed by atoms with Crippen molar-refractivity contribution in [3.63, 3.8) is 0 Å². The topological polar surface area (TPSA) is 62.5 Å². The van der Waals surface area contributed by atoms with Gasteiger partial charge in [-0.15, -0.1) is 0 Å². The fourth-order valence-corrected chi connectivity index (χ4v) is 2.30. The Morgan fingerprint density at radius 2 is 1.82 bits per heavy atom. The summed E-state index contributed by atoms with van der Waals surface area (Å²) in [5.74, 6) is -1.15. The van der Waals surface area contributed by atoms with Gasteiger partial charge in [0.15, 0.2) is 0 Å². The van der Waals surface area contributed by atoms with E-state index in [-0.39, 0.29) is 12.1 Å². The van der Waals surface area contributed by atoms with Crippen LogP contribution in [-0.4, -0.2) is 17.6 Å². The molecule has 2 rings (SSSR count). The summed E-state index contributed by atoms with van der Waals surface area (Å²) in [5.41, 5.74) is -0.951. The Kier molecular flexibility index (Phi) is 4.32. The van der Waals surface area contributed by atoms with E-state index in [2.05, 4.69) is 5.32 Å². The highest BCUT2D eigenvalue weighted by molar-refractivity contribution is 5.94. The molecule has 6 heteroatoms. The summed E-state index contributed by atoms with van der Waals surface area (Å²) in [6, 6.07) is 4.23. The Bertz CT molecular complexity index is 687. The van der Waals surface area contributed by atoms with E-state index in [4.69, 9.17) is 4.42 Å². The number of nitrogens with one attached hydrogen (secondary N) is 1. The maximum absolute atomic E-state index is 13.1. The minimum Gasteiger partial charge on any atom is -0.466 e. The van der Waals surface area contributed by atoms with Crippen LogP contribution in [0.5, 0.6) is 0 Å². The van der Waals surface area contributed by atoms with Crippen LogP contribution < -0.4 is 5.32 Å². The summed E-state index contributed by atoms with van der Waals surface area (Å²) >= 11 is 0. The van der Waals surface area contributed by atoms with E-state index < -0.39 is 23.1 Å². The highest BCUT2D eigenvalue weighted by Gasteiger charge is 2.28. The number of aliphatic hydroxyl groups is 1. The van der Waals surface area contributed by atoms with Crippen molar-refractivity contribution in [2.24, 2.45) is 0 Å². The van der Waals surface area contributed by atoms with Gasteiger partial charge in [0, 0.05) is 17.2 Å². The summed E-state index contributed by atoms with van der Waals surface area (Å²) in [6.45, 7) is 4.86. The molecule has 0 saturated carbocycles. The summed E-state index contributed by atoms with van der Waals surface area (Å²) < 4.78 is 31.6. The largest absolute Gasteiger partial charge is 0.466 e. The van der Waals surface area contributed by atoms with Gasteiger partial charge in [0.2, 0.25) is 0 Å². The fraction of sp³-hybridized carbons (Fsp3) is 0.312. The molecule has 0 radical (unpaired) electrons. The van der Waals surface area contributed by atoms with Crippen LogP contribution in [0.15, 0.2) is 28.7 Å². The summed E-state index contributed by atoms with van der Waals surface area (Å²) in [4.78, 5) is 11.9. The van der Waals surface area contributed by atoms with Gasteiger partial charge in [-0.05, 0) is 39.0 Å². The number of carbonyl (C=O) groups is 1. The summed E-state index contributed by atoms with van der Waals surface area (Å²) in [5, 5.41) is 12.9. The minimum absolute atomic E-state index is 0.121. The standard InChI is InChI=1S/C16H17F2NO3/c1-9-4-14(10(2)22-9)16(3,21)8-19-15(20)11-5-12(17)7-13(18)6-11/h4-7,21H,8H2,1-3H3,(H,19,20). The molecule has 0 bridgehead atoms. The molecule has 0 aliphatic carbocycles. The van der Waals surface area contributed by atoms with Gasteiger partial charge in [0.1, 0.15) is 28.8 Å². The Balaban J connectivity index is 2.11. The first kappa shape index (κ1) is 16.2. The van der Waals surface area contributed by atoms with Crippen LogP contribution in [0, 0.1) is 25.5 Å². The van der Waals surface area contributed by atoms with E-state index in [9.17, 15) is 18.7 Å². The van der Waals surface area contributed by atoms with Gasteiger partial charge >= 0.3 is 0 Å². The van der Waals surface area contributed by atoms with Crippen LogP contribution in [0.2, 0.25) is 0 Å². The van der Waals surface area contributed by atoms with Crippen LogP contribution in [-0.2, 0) is 5.60 Å². The van der Waals surface area contributed by atoms with E-state index >= 15 is 0 Å². The maximum Gasteiger partial charge on any atom is 0.251 e. The zero-order valence-corrected chi connectivity index (χ0v) is 12.5. The van der Waals surface area contributed by atoms with Crippen LogP contribution >= 0.6 is 0 Å². The molecule has 1 aromatic carbocycles. The molecule has 22 heavy (non-hydrogen) atoms. The first-order chi connectivity index (χ1) is 10.2. The summed E-state index contributed by atoms with van der Waals surface area (Å²) in [6.07, 6.45) is 0. The third kappa shape index (κ3) is 3.51. The molecule has 1 atom stereocenters. The number of furan rings is 1. The lowest BCUT2D eigenvalue weighted by atomic mass is 9.96. The normalized spacial score (nSPS) is 13.7. The quantitative estimate of drug-likeness (QED) is 0.913. The number of hydrogen-bond acceptors (Lipinski definition) is 3. The predicted octanol–water partition coefficient (Wildman–Crippen LogP) is 2.81. The van der Waals surface area contributed by atoms with Crippen molar-refractivity contribution in [1.82, 2.24) is 5.32 Å². The fourth-order valence-electron chi connectivity index (χ4n) is 2.30. The van der Waals surface area contributed by atoms with Crippen LogP contribution in [0.1, 0.15) is 34.4 Å². The van der Waals surface area contributed by atoms with E-state index in [0.717, 1.165) is 12.1 Å². The van der Waals surface area contributed by atoms with Crippen molar-refractivity contribution in [3.05, 3.63) is 58.5 Å². The lowest BCUT2D eigenvalue weighted by Gasteiger charge is -2.23. The Hall–Kier alpha value is -2.21. The molecular formula is C16H17F2NO3. The predicted molar refractivity (Wildman–Crippen MR) is 76.4 cm³/mol. The number of rotatable bonds is 4. The van der Waals surface area contributed by atoms with Crippen molar-refractivity contribution in [2.75, 3.05) is 6.54 Å². The second-order valence-corrected chi connectivity index (χ2v) is 5.44. The van der Waals surface area contributed by atoms with Crippen molar-refractivity contribution >= 4 is 5.91 Å². The van der Waals surface area contributed by atoms with Crippen LogP contribution in [0.4, 0.5) is 8.78 Å². The van der Waals surface area contributed by atoms with Gasteiger partial charge in [-0.1, -0.05) is 0 Å². The number of hydrogen-bond donors (Lipinski definition) is 2. The number of carbonyl (C=O) groups excluding carboxylic acids is 1. The molecule has 1 heterocycles. The molecular weight excluding hydrogens is 292 g/mol. The first-order valence-corrected chi connectivity index (χ1v) is 6.73. The van der Waals surface area contributed by atoms with Gasteiger partial charge < -0.3 is 14.8 Å². The average molecular weight is 309 g/mol. The Morgan fingerprint density at radius 1 is 1.23 bits per heavy atom. The molecule has 2 aromatic rings. The third-order valence-electron chi connectivity index (χ3n) is 3.34. The van der Waals surface area contributed by atoms with Gasteiger partial charge in [0.25, 0.3) is 5.91 Å². The first-order valence-electron chi connectivity index (χ1n) is 6.73. The van der Waals surface area contributed by atoms with Gasteiger partial charge in [-0.3, -0.25) is 4.79 Å². The van der Waals surface area contributed by atoms with E-state index in [1.165, 1.54) is 6.92 Å². The van der Waals surface area contributed by atoms with Crippen LogP contribution in [0.3, 0.4) is 0 Å². The molecule has 0 aliphatic heterocycles. The highest BCUT2D eigenvalue weighted by atomic mass is 19.1. The molecule has 1 amide bonds. The number of amides is 1. The minimum atomic E-state index is -1.36. The molecule has 1 aromatic heterocycles. The molecule has 2 N–H and O–H groups in total. The SMILES string of the molecule is Cc1cc(C(C)(O)CNC(=O)c2cc(F)cc(F)c2)c(C)o1. The van der Waals surface area contributed by atoms with E-state index in [1.54, 1.807) is 19.9 Å². The summed E-state index contributed by atoms with van der Waals surface area (Å²) in [7, 11) is 0. The Morgan fingerprint density at radius 3 is 2.32 bits per heavy atom. The smallest absolute Gasteiger partial charge is 0.251 e. The number of aryl methyl sites for hydroxylation is 2. The Labute approximate surface area is 126 Å². The molecule has 4 nitrogen and oxygen atoms in total. The van der Waals surface area contributed by atoms with Crippen LogP contribution in [0.25, 0.3) is 0 Å².